The first-order valence-corrected chi connectivity index (χ1v) is 12.2. The molecule has 4 rings (SSSR count). The smallest absolute Gasteiger partial charge is 0.238 e. The Morgan fingerprint density at radius 2 is 1.79 bits per heavy atom. The Kier molecular flexibility index (Phi) is 6.82. The highest BCUT2D eigenvalue weighted by Gasteiger charge is 2.11. The predicted molar refractivity (Wildman–Crippen MR) is 127 cm³/mol. The third-order valence-electron chi connectivity index (χ3n) is 4.41. The fourth-order valence-corrected chi connectivity index (χ4v) is 4.21. The Hall–Kier alpha value is -3.54. The second-order valence-corrected chi connectivity index (χ2v) is 9.50. The highest BCUT2D eigenvalue weighted by atomic mass is 32.2. The molecule has 0 radical (unpaired) electrons. The third kappa shape index (κ3) is 6.25. The van der Waals surface area contributed by atoms with Gasteiger partial charge in [-0.1, -0.05) is 12.1 Å². The Morgan fingerprint density at radius 1 is 0.970 bits per heavy atom. The third-order valence-corrected chi connectivity index (χ3v) is 6.40. The SMILES string of the molecule is NS(=O)(=O)c1cccc(Nc2ncc(F)c(Nc3ccc(SCc4cccnc4)cc3)n2)c1. The standard InChI is InChI=1S/C22H19FN6O2S2/c23-20-13-26-22(28-17-4-1-5-19(11-17)33(24,30)31)29-21(20)27-16-6-8-18(9-7-16)32-14-15-3-2-10-25-12-15/h1-13H,14H2,(H2,24,30,31)(H2,26,27,28,29). The molecular weight excluding hydrogens is 463 g/mol. The summed E-state index contributed by atoms with van der Waals surface area (Å²) in [5.41, 5.74) is 2.18. The minimum absolute atomic E-state index is 0.0223. The van der Waals surface area contributed by atoms with E-state index in [1.807, 2.05) is 42.6 Å². The fourth-order valence-electron chi connectivity index (χ4n) is 2.82. The molecule has 4 aromatic rings. The van der Waals surface area contributed by atoms with Crippen molar-refractivity contribution in [1.82, 2.24) is 15.0 Å². The van der Waals surface area contributed by atoms with Crippen LogP contribution in [0.15, 0.2) is 89.0 Å². The molecule has 0 saturated heterocycles. The Morgan fingerprint density at radius 3 is 2.52 bits per heavy atom. The molecule has 0 aliphatic rings. The quantitative estimate of drug-likeness (QED) is 0.315. The summed E-state index contributed by atoms with van der Waals surface area (Å²) in [4.78, 5) is 13.2. The lowest BCUT2D eigenvalue weighted by Gasteiger charge is -2.10. The lowest BCUT2D eigenvalue weighted by atomic mass is 10.3. The predicted octanol–water partition coefficient (Wildman–Crippen LogP) is 4.44. The Labute approximate surface area is 194 Å². The van der Waals surface area contributed by atoms with Crippen LogP contribution in [0.25, 0.3) is 0 Å². The number of hydrogen-bond donors (Lipinski definition) is 3. The molecule has 33 heavy (non-hydrogen) atoms. The van der Waals surface area contributed by atoms with E-state index >= 15 is 0 Å². The maximum atomic E-state index is 14.3. The van der Waals surface area contributed by atoms with Crippen LogP contribution in [0.4, 0.5) is 27.5 Å². The van der Waals surface area contributed by atoms with Crippen LogP contribution in [0.3, 0.4) is 0 Å². The van der Waals surface area contributed by atoms with Gasteiger partial charge in [-0.15, -0.1) is 11.8 Å². The van der Waals surface area contributed by atoms with Gasteiger partial charge in [0.25, 0.3) is 0 Å². The van der Waals surface area contributed by atoms with E-state index in [-0.39, 0.29) is 16.7 Å². The van der Waals surface area contributed by atoms with Crippen LogP contribution in [-0.4, -0.2) is 23.4 Å². The first-order chi connectivity index (χ1) is 15.9. The van der Waals surface area contributed by atoms with Gasteiger partial charge >= 0.3 is 0 Å². The van der Waals surface area contributed by atoms with Crippen molar-refractivity contribution in [3.63, 3.8) is 0 Å². The molecule has 11 heteroatoms. The minimum Gasteiger partial charge on any atom is -0.338 e. The van der Waals surface area contributed by atoms with Crippen molar-refractivity contribution < 1.29 is 12.8 Å². The number of aromatic nitrogens is 3. The molecule has 0 fully saturated rings. The first kappa shape index (κ1) is 22.6. The zero-order valence-corrected chi connectivity index (χ0v) is 18.8. The van der Waals surface area contributed by atoms with Gasteiger partial charge in [0, 0.05) is 34.4 Å². The van der Waals surface area contributed by atoms with Gasteiger partial charge in [-0.05, 0) is 54.1 Å². The van der Waals surface area contributed by atoms with Crippen LogP contribution in [0.1, 0.15) is 5.56 Å². The number of sulfonamides is 1. The summed E-state index contributed by atoms with van der Waals surface area (Å²) >= 11 is 1.67. The molecule has 0 amide bonds. The highest BCUT2D eigenvalue weighted by molar-refractivity contribution is 7.98. The van der Waals surface area contributed by atoms with E-state index in [0.29, 0.717) is 11.4 Å². The summed E-state index contributed by atoms with van der Waals surface area (Å²) in [5.74, 6) is 0.233. The van der Waals surface area contributed by atoms with Gasteiger partial charge in [0.2, 0.25) is 16.0 Å². The van der Waals surface area contributed by atoms with E-state index in [2.05, 4.69) is 25.6 Å². The van der Waals surface area contributed by atoms with Gasteiger partial charge in [-0.2, -0.15) is 4.98 Å². The van der Waals surface area contributed by atoms with E-state index in [0.717, 1.165) is 22.4 Å². The summed E-state index contributed by atoms with van der Waals surface area (Å²) in [7, 11) is -3.85. The number of halogens is 1. The van der Waals surface area contributed by atoms with Crippen LogP contribution in [-0.2, 0) is 15.8 Å². The summed E-state index contributed by atoms with van der Waals surface area (Å²) < 4.78 is 37.3. The van der Waals surface area contributed by atoms with Crippen LogP contribution in [0, 0.1) is 5.82 Å². The van der Waals surface area contributed by atoms with Gasteiger partial charge in [-0.25, -0.2) is 22.9 Å². The van der Waals surface area contributed by atoms with Gasteiger partial charge < -0.3 is 10.6 Å². The molecule has 2 aromatic carbocycles. The largest absolute Gasteiger partial charge is 0.338 e. The van der Waals surface area contributed by atoms with Crippen LogP contribution in [0.5, 0.6) is 0 Å². The number of nitrogens with one attached hydrogen (secondary N) is 2. The molecule has 0 aliphatic heterocycles. The lowest BCUT2D eigenvalue weighted by Crippen LogP contribution is -2.12. The summed E-state index contributed by atoms with van der Waals surface area (Å²) in [5, 5.41) is 10.9. The van der Waals surface area contributed by atoms with Crippen LogP contribution >= 0.6 is 11.8 Å². The summed E-state index contributed by atoms with van der Waals surface area (Å²) in [6.45, 7) is 0. The normalized spacial score (nSPS) is 11.2. The zero-order valence-electron chi connectivity index (χ0n) is 17.1. The summed E-state index contributed by atoms with van der Waals surface area (Å²) in [6.07, 6.45) is 4.60. The molecule has 168 valence electrons. The van der Waals surface area contributed by atoms with E-state index < -0.39 is 15.8 Å². The number of pyridine rings is 1. The molecule has 2 aromatic heterocycles. The number of anilines is 4. The number of primary sulfonamides is 1. The minimum atomic E-state index is -3.85. The van der Waals surface area contributed by atoms with Crippen molar-refractivity contribution in [1.29, 1.82) is 0 Å². The maximum absolute atomic E-state index is 14.3. The van der Waals surface area contributed by atoms with Crippen LogP contribution < -0.4 is 15.8 Å². The number of rotatable bonds is 8. The van der Waals surface area contributed by atoms with Crippen molar-refractivity contribution >= 4 is 44.9 Å². The molecule has 0 bridgehead atoms. The lowest BCUT2D eigenvalue weighted by molar-refractivity contribution is 0.598. The molecule has 0 aliphatic carbocycles. The van der Waals surface area contributed by atoms with E-state index in [1.54, 1.807) is 24.0 Å². The molecule has 0 spiro atoms. The fraction of sp³-hybridized carbons (Fsp3) is 0.0455. The number of thioether (sulfide) groups is 1. The van der Waals surface area contributed by atoms with Gasteiger partial charge in [0.15, 0.2) is 11.6 Å². The van der Waals surface area contributed by atoms with E-state index in [4.69, 9.17) is 5.14 Å². The second kappa shape index (κ2) is 9.94. The molecule has 0 saturated carbocycles. The average Bonchev–Trinajstić information content (AvgIpc) is 2.81. The van der Waals surface area contributed by atoms with Crippen molar-refractivity contribution in [3.8, 4) is 0 Å². The maximum Gasteiger partial charge on any atom is 0.238 e. The van der Waals surface area contributed by atoms with Crippen molar-refractivity contribution in [3.05, 3.63) is 90.6 Å². The molecule has 0 atom stereocenters. The Balaban J connectivity index is 1.44. The van der Waals surface area contributed by atoms with Gasteiger partial charge in [0.05, 0.1) is 11.1 Å². The van der Waals surface area contributed by atoms with Crippen LogP contribution in [0.2, 0.25) is 0 Å². The molecule has 8 nitrogen and oxygen atoms in total. The molecule has 2 heterocycles. The number of benzene rings is 2. The Bertz CT molecular complexity index is 1350. The van der Waals surface area contributed by atoms with Crippen molar-refractivity contribution in [2.45, 2.75) is 15.5 Å². The van der Waals surface area contributed by atoms with E-state index in [1.165, 1.54) is 18.2 Å². The summed E-state index contributed by atoms with van der Waals surface area (Å²) in [6, 6.07) is 17.3. The zero-order chi connectivity index (χ0) is 23.3. The highest BCUT2D eigenvalue weighted by Crippen LogP contribution is 2.26. The number of nitrogens with two attached hydrogens (primary N) is 1. The van der Waals surface area contributed by atoms with Crippen molar-refractivity contribution in [2.24, 2.45) is 5.14 Å². The first-order valence-electron chi connectivity index (χ1n) is 9.68. The number of hydrogen-bond acceptors (Lipinski definition) is 8. The van der Waals surface area contributed by atoms with Gasteiger partial charge in [-0.3, -0.25) is 4.98 Å². The van der Waals surface area contributed by atoms with E-state index in [9.17, 15) is 12.8 Å². The van der Waals surface area contributed by atoms with Gasteiger partial charge in [0.1, 0.15) is 0 Å². The average molecular weight is 483 g/mol. The number of nitrogens with zero attached hydrogens (tertiary/aromatic N) is 3. The molecular formula is C22H19FN6O2S2. The van der Waals surface area contributed by atoms with Crippen molar-refractivity contribution in [2.75, 3.05) is 10.6 Å². The topological polar surface area (TPSA) is 123 Å². The monoisotopic (exact) mass is 482 g/mol. The molecule has 0 unspecified atom stereocenters. The second-order valence-electron chi connectivity index (χ2n) is 6.89. The molecule has 4 N–H and O–H groups in total.